The zero-order chi connectivity index (χ0) is 14.5. The molecule has 0 aliphatic carbocycles. The molecule has 6 nitrogen and oxygen atoms in total. The molecule has 0 fully saturated rings. The minimum absolute atomic E-state index is 0.233. The third-order valence-corrected chi connectivity index (χ3v) is 3.84. The second kappa shape index (κ2) is 6.94. The minimum Gasteiger partial charge on any atom is -0.383 e. The van der Waals surface area contributed by atoms with Gasteiger partial charge in [0.15, 0.2) is 0 Å². The van der Waals surface area contributed by atoms with Gasteiger partial charge >= 0.3 is 0 Å². The number of carbonyl (C=O) groups is 1. The van der Waals surface area contributed by atoms with Gasteiger partial charge in [0.25, 0.3) is 0 Å². The highest BCUT2D eigenvalue weighted by atomic mass is 35.5. The molecule has 2 aromatic rings. The molecule has 2 N–H and O–H groups in total. The molecular weight excluding hydrogens is 300 g/mol. The highest BCUT2D eigenvalue weighted by molar-refractivity contribution is 7.09. The summed E-state index contributed by atoms with van der Waals surface area (Å²) in [5.74, 6) is -0.233. The van der Waals surface area contributed by atoms with Crippen LogP contribution in [0.4, 0.5) is 0 Å². The molecule has 0 spiro atoms. The molecule has 0 saturated carbocycles. The van der Waals surface area contributed by atoms with Crippen molar-refractivity contribution in [1.82, 2.24) is 14.8 Å². The molecule has 0 aliphatic rings. The summed E-state index contributed by atoms with van der Waals surface area (Å²) in [6.45, 7) is 1.42. The molecular formula is C12H15ClN4O2S. The lowest BCUT2D eigenvalue weighted by Crippen LogP contribution is -2.15. The molecule has 0 aliphatic heterocycles. The van der Waals surface area contributed by atoms with Crippen LogP contribution in [0.3, 0.4) is 0 Å². The molecule has 2 heterocycles. The van der Waals surface area contributed by atoms with Crippen molar-refractivity contribution in [1.29, 1.82) is 0 Å². The summed E-state index contributed by atoms with van der Waals surface area (Å²) in [6, 6.07) is 0. The molecule has 0 radical (unpaired) electrons. The van der Waals surface area contributed by atoms with Crippen LogP contribution in [0.2, 0.25) is 5.02 Å². The average molecular weight is 315 g/mol. The summed E-state index contributed by atoms with van der Waals surface area (Å²) in [5.41, 5.74) is 6.19. The maximum Gasteiger partial charge on any atom is 0.231 e. The van der Waals surface area contributed by atoms with Crippen molar-refractivity contribution in [2.75, 3.05) is 20.3 Å². The number of hydrogen-bond acceptors (Lipinski definition) is 6. The third-order valence-electron chi connectivity index (χ3n) is 2.66. The van der Waals surface area contributed by atoms with Crippen LogP contribution in [-0.4, -0.2) is 40.8 Å². The third kappa shape index (κ3) is 3.24. The molecule has 20 heavy (non-hydrogen) atoms. The van der Waals surface area contributed by atoms with Gasteiger partial charge in [0.2, 0.25) is 5.78 Å². The number of nitrogens with zero attached hydrogens (tertiary/aromatic N) is 3. The highest BCUT2D eigenvalue weighted by Crippen LogP contribution is 2.20. The zero-order valence-corrected chi connectivity index (χ0v) is 12.6. The first kappa shape index (κ1) is 15.1. The molecule has 108 valence electrons. The summed E-state index contributed by atoms with van der Waals surface area (Å²) in [7, 11) is 1.59. The maximum atomic E-state index is 12.5. The fraction of sp³-hybridized carbons (Fsp3) is 0.417. The monoisotopic (exact) mass is 314 g/mol. The van der Waals surface area contributed by atoms with Crippen molar-refractivity contribution in [3.63, 3.8) is 0 Å². The van der Waals surface area contributed by atoms with Crippen LogP contribution in [0.15, 0.2) is 11.6 Å². The zero-order valence-electron chi connectivity index (χ0n) is 11.0. The van der Waals surface area contributed by atoms with Gasteiger partial charge in [-0.05, 0) is 6.54 Å². The molecule has 8 heteroatoms. The second-order valence-electron chi connectivity index (χ2n) is 4.05. The second-order valence-corrected chi connectivity index (χ2v) is 5.40. The van der Waals surface area contributed by atoms with E-state index >= 15 is 0 Å². The van der Waals surface area contributed by atoms with Crippen LogP contribution in [0.1, 0.15) is 21.2 Å². The van der Waals surface area contributed by atoms with Gasteiger partial charge in [0.05, 0.1) is 29.4 Å². The SMILES string of the molecule is COCCn1ncc(Cl)c1C(=O)c1csc(CCN)n1. The number of thiazole rings is 1. The maximum absolute atomic E-state index is 12.5. The smallest absolute Gasteiger partial charge is 0.231 e. The van der Waals surface area contributed by atoms with E-state index in [2.05, 4.69) is 10.1 Å². The van der Waals surface area contributed by atoms with Crippen LogP contribution in [0.5, 0.6) is 0 Å². The number of hydrogen-bond donors (Lipinski definition) is 1. The summed E-state index contributed by atoms with van der Waals surface area (Å²) in [6.07, 6.45) is 2.12. The lowest BCUT2D eigenvalue weighted by molar-refractivity contribution is 0.102. The van der Waals surface area contributed by atoms with Crippen LogP contribution in [0, 0.1) is 0 Å². The van der Waals surface area contributed by atoms with E-state index in [4.69, 9.17) is 22.1 Å². The van der Waals surface area contributed by atoms with E-state index in [0.29, 0.717) is 42.5 Å². The molecule has 0 bridgehead atoms. The molecule has 2 rings (SSSR count). The van der Waals surface area contributed by atoms with Crippen molar-refractivity contribution in [3.8, 4) is 0 Å². The number of carbonyl (C=O) groups excluding carboxylic acids is 1. The molecule has 0 aromatic carbocycles. The largest absolute Gasteiger partial charge is 0.383 e. The normalized spacial score (nSPS) is 10.9. The Kier molecular flexibility index (Phi) is 5.24. The van der Waals surface area contributed by atoms with Crippen molar-refractivity contribution in [3.05, 3.63) is 33.0 Å². The van der Waals surface area contributed by atoms with Gasteiger partial charge in [-0.3, -0.25) is 9.48 Å². The quantitative estimate of drug-likeness (QED) is 0.780. The van der Waals surface area contributed by atoms with Crippen molar-refractivity contribution in [2.45, 2.75) is 13.0 Å². The van der Waals surface area contributed by atoms with Crippen LogP contribution in [-0.2, 0) is 17.7 Å². The Labute approximate surface area is 125 Å². The average Bonchev–Trinajstić information content (AvgIpc) is 3.03. The van der Waals surface area contributed by atoms with E-state index in [1.807, 2.05) is 0 Å². The van der Waals surface area contributed by atoms with Crippen LogP contribution in [0.25, 0.3) is 0 Å². The summed E-state index contributed by atoms with van der Waals surface area (Å²) in [4.78, 5) is 16.7. The summed E-state index contributed by atoms with van der Waals surface area (Å²) < 4.78 is 6.53. The van der Waals surface area contributed by atoms with Crippen LogP contribution >= 0.6 is 22.9 Å². The van der Waals surface area contributed by atoms with Gasteiger partial charge in [0.1, 0.15) is 11.4 Å². The van der Waals surface area contributed by atoms with Gasteiger partial charge in [-0.15, -0.1) is 11.3 Å². The van der Waals surface area contributed by atoms with E-state index < -0.39 is 0 Å². The standard InChI is InChI=1S/C12H15ClN4O2S/c1-19-5-4-17-11(8(13)6-15-17)12(18)9-7-20-10(16-9)2-3-14/h6-7H,2-5,14H2,1H3. The van der Waals surface area contributed by atoms with Crippen molar-refractivity contribution >= 4 is 28.7 Å². The molecule has 0 amide bonds. The van der Waals surface area contributed by atoms with E-state index in [1.165, 1.54) is 22.2 Å². The summed E-state index contributed by atoms with van der Waals surface area (Å²) >= 11 is 7.47. The van der Waals surface area contributed by atoms with E-state index in [9.17, 15) is 4.79 Å². The minimum atomic E-state index is -0.233. The fourth-order valence-electron chi connectivity index (χ4n) is 1.71. The predicted octanol–water partition coefficient (Wildman–Crippen LogP) is 1.37. The van der Waals surface area contributed by atoms with E-state index in [-0.39, 0.29) is 5.78 Å². The van der Waals surface area contributed by atoms with Crippen LogP contribution < -0.4 is 5.73 Å². The Bertz CT molecular complexity index is 596. The Morgan fingerprint density at radius 1 is 1.60 bits per heavy atom. The van der Waals surface area contributed by atoms with Crippen molar-refractivity contribution in [2.24, 2.45) is 5.73 Å². The molecule has 2 aromatic heterocycles. The first-order valence-electron chi connectivity index (χ1n) is 6.06. The van der Waals surface area contributed by atoms with Crippen molar-refractivity contribution < 1.29 is 9.53 Å². The molecule has 0 atom stereocenters. The Balaban J connectivity index is 2.25. The number of nitrogens with two attached hydrogens (primary N) is 1. The van der Waals surface area contributed by atoms with Gasteiger partial charge in [-0.1, -0.05) is 11.6 Å². The number of rotatable bonds is 7. The van der Waals surface area contributed by atoms with E-state index in [1.54, 1.807) is 12.5 Å². The van der Waals surface area contributed by atoms with Gasteiger partial charge in [0, 0.05) is 18.9 Å². The Hall–Kier alpha value is -1.28. The number of methoxy groups -OCH3 is 1. The highest BCUT2D eigenvalue weighted by Gasteiger charge is 2.21. The topological polar surface area (TPSA) is 83.0 Å². The van der Waals surface area contributed by atoms with E-state index in [0.717, 1.165) is 5.01 Å². The first-order valence-corrected chi connectivity index (χ1v) is 7.32. The van der Waals surface area contributed by atoms with Gasteiger partial charge in [-0.25, -0.2) is 4.98 Å². The predicted molar refractivity (Wildman–Crippen MR) is 77.4 cm³/mol. The summed E-state index contributed by atoms with van der Waals surface area (Å²) in [5, 5.41) is 6.96. The molecule has 0 unspecified atom stereocenters. The fourth-order valence-corrected chi connectivity index (χ4v) is 2.73. The molecule has 0 saturated heterocycles. The lowest BCUT2D eigenvalue weighted by Gasteiger charge is -2.05. The number of aromatic nitrogens is 3. The Morgan fingerprint density at radius 2 is 2.40 bits per heavy atom. The number of ether oxygens (including phenoxy) is 1. The van der Waals surface area contributed by atoms with Gasteiger partial charge in [-0.2, -0.15) is 5.10 Å². The van der Waals surface area contributed by atoms with Gasteiger partial charge < -0.3 is 10.5 Å². The lowest BCUT2D eigenvalue weighted by atomic mass is 10.2. The number of halogens is 1. The Morgan fingerprint density at radius 3 is 3.10 bits per heavy atom. The first-order chi connectivity index (χ1) is 9.67. The number of ketones is 1.